The number of hydrogen-bond acceptors (Lipinski definition) is 4. The van der Waals surface area contributed by atoms with Gasteiger partial charge in [0.15, 0.2) is 0 Å². The SMILES string of the molecule is CC(C)Oc1ccc(N2CCC3(CCC(O)(CN4C(=O)CCC45CC5)CC3)C2=O)cc1. The third-order valence-electron chi connectivity index (χ3n) is 8.13. The van der Waals surface area contributed by atoms with Gasteiger partial charge in [-0.25, -0.2) is 0 Å². The molecule has 0 radical (unpaired) electrons. The minimum atomic E-state index is -0.857. The molecule has 2 aliphatic heterocycles. The standard InChI is InChI=1S/C25H34N2O4/c1-18(2)31-20-5-3-19(4-6-20)26-16-15-23(22(26)29)9-13-25(30,14-10-23)17-27-21(28)7-8-24(27)11-12-24/h3-6,18,30H,7-17H2,1-2H3. The van der Waals surface area contributed by atoms with Gasteiger partial charge in [-0.1, -0.05) is 0 Å². The van der Waals surface area contributed by atoms with E-state index in [1.54, 1.807) is 0 Å². The predicted octanol–water partition coefficient (Wildman–Crippen LogP) is 3.66. The fourth-order valence-corrected chi connectivity index (χ4v) is 5.95. The first-order valence-corrected chi connectivity index (χ1v) is 11.9. The topological polar surface area (TPSA) is 70.1 Å². The molecule has 2 spiro atoms. The van der Waals surface area contributed by atoms with Gasteiger partial charge in [-0.05, 0) is 89.5 Å². The number of likely N-dealkylation sites (tertiary alicyclic amines) is 1. The predicted molar refractivity (Wildman–Crippen MR) is 118 cm³/mol. The molecule has 1 aromatic carbocycles. The number of carbonyl (C=O) groups is 2. The Morgan fingerprint density at radius 2 is 1.65 bits per heavy atom. The molecule has 6 nitrogen and oxygen atoms in total. The van der Waals surface area contributed by atoms with Gasteiger partial charge in [-0.2, -0.15) is 0 Å². The molecule has 6 heteroatoms. The van der Waals surface area contributed by atoms with Crippen LogP contribution in [0.5, 0.6) is 5.75 Å². The number of rotatable bonds is 5. The molecule has 4 fully saturated rings. The van der Waals surface area contributed by atoms with Gasteiger partial charge in [-0.15, -0.1) is 0 Å². The lowest BCUT2D eigenvalue weighted by Crippen LogP contribution is -2.51. The summed E-state index contributed by atoms with van der Waals surface area (Å²) in [6.07, 6.45) is 7.24. The lowest BCUT2D eigenvalue weighted by molar-refractivity contribution is -0.139. The maximum Gasteiger partial charge on any atom is 0.233 e. The summed E-state index contributed by atoms with van der Waals surface area (Å²) in [7, 11) is 0. The van der Waals surface area contributed by atoms with Gasteiger partial charge in [0, 0.05) is 30.7 Å². The third-order valence-corrected chi connectivity index (χ3v) is 8.13. The summed E-state index contributed by atoms with van der Waals surface area (Å²) in [6.45, 7) is 5.15. The second-order valence-electron chi connectivity index (χ2n) is 10.6. The number of ether oxygens (including phenoxy) is 1. The van der Waals surface area contributed by atoms with Crippen LogP contribution in [0.25, 0.3) is 0 Å². The number of aliphatic hydroxyl groups is 1. The van der Waals surface area contributed by atoms with E-state index in [1.807, 2.05) is 47.9 Å². The number of hydrogen-bond donors (Lipinski definition) is 1. The van der Waals surface area contributed by atoms with Crippen LogP contribution in [-0.2, 0) is 9.59 Å². The van der Waals surface area contributed by atoms with Gasteiger partial charge in [-0.3, -0.25) is 9.59 Å². The summed E-state index contributed by atoms with van der Waals surface area (Å²) in [5.41, 5.74) is -0.263. The lowest BCUT2D eigenvalue weighted by Gasteiger charge is -2.43. The van der Waals surface area contributed by atoms with Crippen molar-refractivity contribution in [1.82, 2.24) is 4.90 Å². The van der Waals surface area contributed by atoms with E-state index in [2.05, 4.69) is 0 Å². The van der Waals surface area contributed by atoms with Crippen LogP contribution in [0.15, 0.2) is 24.3 Å². The minimum Gasteiger partial charge on any atom is -0.491 e. The van der Waals surface area contributed by atoms with E-state index in [4.69, 9.17) is 4.74 Å². The van der Waals surface area contributed by atoms with Crippen molar-refractivity contribution >= 4 is 17.5 Å². The summed E-state index contributed by atoms with van der Waals surface area (Å²) in [4.78, 5) is 29.7. The summed E-state index contributed by atoms with van der Waals surface area (Å²) in [5.74, 6) is 1.19. The number of β-amino-alcohol motifs (C(OH)–C–C–N with tert-alkyl or cyclic N) is 1. The van der Waals surface area contributed by atoms with E-state index in [0.717, 1.165) is 43.7 Å². The van der Waals surface area contributed by atoms with Crippen molar-refractivity contribution in [3.8, 4) is 5.75 Å². The van der Waals surface area contributed by atoms with Gasteiger partial charge < -0.3 is 19.6 Å². The van der Waals surface area contributed by atoms with Gasteiger partial charge in [0.05, 0.1) is 17.1 Å². The van der Waals surface area contributed by atoms with Crippen molar-refractivity contribution in [2.24, 2.45) is 5.41 Å². The van der Waals surface area contributed by atoms with Gasteiger partial charge in [0.25, 0.3) is 0 Å². The van der Waals surface area contributed by atoms with E-state index in [-0.39, 0.29) is 28.9 Å². The molecule has 168 valence electrons. The molecule has 0 aromatic heterocycles. The number of carbonyl (C=O) groups excluding carboxylic acids is 2. The summed E-state index contributed by atoms with van der Waals surface area (Å²) in [5, 5.41) is 11.3. The van der Waals surface area contributed by atoms with Crippen molar-refractivity contribution in [1.29, 1.82) is 0 Å². The molecule has 2 saturated heterocycles. The maximum absolute atomic E-state index is 13.4. The monoisotopic (exact) mass is 426 g/mol. The Labute approximate surface area is 184 Å². The van der Waals surface area contributed by atoms with E-state index in [1.165, 1.54) is 0 Å². The van der Waals surface area contributed by atoms with Crippen molar-refractivity contribution in [2.45, 2.75) is 88.9 Å². The molecule has 2 aliphatic carbocycles. The molecule has 2 saturated carbocycles. The molecule has 2 amide bonds. The van der Waals surface area contributed by atoms with Crippen LogP contribution in [0.1, 0.15) is 71.6 Å². The quantitative estimate of drug-likeness (QED) is 0.780. The Kier molecular flexibility index (Phi) is 4.85. The van der Waals surface area contributed by atoms with Gasteiger partial charge in [0.1, 0.15) is 5.75 Å². The molecule has 2 heterocycles. The van der Waals surface area contributed by atoms with Crippen molar-refractivity contribution < 1.29 is 19.4 Å². The molecule has 0 unspecified atom stereocenters. The van der Waals surface area contributed by atoms with Crippen LogP contribution >= 0.6 is 0 Å². The lowest BCUT2D eigenvalue weighted by atomic mass is 9.67. The highest BCUT2D eigenvalue weighted by Crippen LogP contribution is 2.53. The second kappa shape index (κ2) is 7.22. The maximum atomic E-state index is 13.4. The smallest absolute Gasteiger partial charge is 0.233 e. The fourth-order valence-electron chi connectivity index (χ4n) is 5.95. The largest absolute Gasteiger partial charge is 0.491 e. The van der Waals surface area contributed by atoms with Crippen LogP contribution in [0, 0.1) is 5.41 Å². The number of nitrogens with zero attached hydrogens (tertiary/aromatic N) is 2. The summed E-state index contributed by atoms with van der Waals surface area (Å²) >= 11 is 0. The zero-order chi connectivity index (χ0) is 21.9. The molecular weight excluding hydrogens is 392 g/mol. The summed E-state index contributed by atoms with van der Waals surface area (Å²) in [6, 6.07) is 7.77. The zero-order valence-electron chi connectivity index (χ0n) is 18.7. The average molecular weight is 427 g/mol. The first kappa shape index (κ1) is 20.8. The molecule has 0 atom stereocenters. The first-order valence-electron chi connectivity index (χ1n) is 11.9. The summed E-state index contributed by atoms with van der Waals surface area (Å²) < 4.78 is 5.71. The Hall–Kier alpha value is -2.08. The van der Waals surface area contributed by atoms with E-state index in [0.29, 0.717) is 38.6 Å². The number of anilines is 1. The first-order chi connectivity index (χ1) is 14.7. The van der Waals surface area contributed by atoms with Crippen LogP contribution in [0.4, 0.5) is 5.69 Å². The zero-order valence-corrected chi connectivity index (χ0v) is 18.7. The minimum absolute atomic E-state index is 0.0490. The molecule has 4 aliphatic rings. The Bertz CT molecular complexity index is 866. The van der Waals surface area contributed by atoms with Crippen LogP contribution < -0.4 is 9.64 Å². The molecule has 31 heavy (non-hydrogen) atoms. The molecule has 0 bridgehead atoms. The van der Waals surface area contributed by atoms with E-state index >= 15 is 0 Å². The second-order valence-corrected chi connectivity index (χ2v) is 10.6. The van der Waals surface area contributed by atoms with Crippen molar-refractivity contribution in [3.63, 3.8) is 0 Å². The highest BCUT2D eigenvalue weighted by atomic mass is 16.5. The Morgan fingerprint density at radius 1 is 0.968 bits per heavy atom. The van der Waals surface area contributed by atoms with Crippen molar-refractivity contribution in [2.75, 3.05) is 18.0 Å². The average Bonchev–Trinajstić information content (AvgIpc) is 3.39. The van der Waals surface area contributed by atoms with Crippen molar-refractivity contribution in [3.05, 3.63) is 24.3 Å². The molecule has 5 rings (SSSR count). The molecule has 1 aromatic rings. The highest BCUT2D eigenvalue weighted by Gasteiger charge is 2.57. The Balaban J connectivity index is 1.23. The van der Waals surface area contributed by atoms with E-state index in [9.17, 15) is 14.7 Å². The highest BCUT2D eigenvalue weighted by molar-refractivity contribution is 6.00. The van der Waals surface area contributed by atoms with Crippen LogP contribution in [-0.4, -0.2) is 52.2 Å². The molecular formula is C25H34N2O4. The Morgan fingerprint density at radius 3 is 2.26 bits per heavy atom. The van der Waals surface area contributed by atoms with Crippen LogP contribution in [0.2, 0.25) is 0 Å². The van der Waals surface area contributed by atoms with E-state index < -0.39 is 5.60 Å². The van der Waals surface area contributed by atoms with Gasteiger partial charge in [0.2, 0.25) is 11.8 Å². The molecule has 1 N–H and O–H groups in total. The van der Waals surface area contributed by atoms with Gasteiger partial charge >= 0.3 is 0 Å². The normalized spacial score (nSPS) is 32.0. The third kappa shape index (κ3) is 3.63. The van der Waals surface area contributed by atoms with Crippen LogP contribution in [0.3, 0.4) is 0 Å². The fraction of sp³-hybridized carbons (Fsp3) is 0.680. The number of amides is 2. The number of benzene rings is 1.